The van der Waals surface area contributed by atoms with Crippen LogP contribution in [-0.2, 0) is 10.5 Å². The molecule has 0 spiro atoms. The molecule has 0 aliphatic carbocycles. The molecule has 22 heavy (non-hydrogen) atoms. The number of anilines is 1. The van der Waals surface area contributed by atoms with Gasteiger partial charge in [-0.15, -0.1) is 0 Å². The van der Waals surface area contributed by atoms with Crippen LogP contribution in [0.15, 0.2) is 22.6 Å². The van der Waals surface area contributed by atoms with E-state index in [9.17, 15) is 20.3 Å². The largest absolute Gasteiger partial charge is 0.506 e. The highest BCUT2D eigenvalue weighted by molar-refractivity contribution is 5.71. The van der Waals surface area contributed by atoms with E-state index in [0.29, 0.717) is 0 Å². The van der Waals surface area contributed by atoms with Crippen molar-refractivity contribution in [3.63, 3.8) is 0 Å². The number of aliphatic hydroxyl groups excluding tert-OH is 3. The third kappa shape index (κ3) is 1.59. The molecule has 2 aromatic heterocycles. The Morgan fingerprint density at radius 2 is 2.36 bits per heavy atom. The third-order valence-corrected chi connectivity index (χ3v) is 3.28. The van der Waals surface area contributed by atoms with E-state index in [0.717, 1.165) is 10.9 Å². The Balaban J connectivity index is 2.27. The zero-order valence-corrected chi connectivity index (χ0v) is 10.9. The molecule has 2 atom stereocenters. The minimum Gasteiger partial charge on any atom is -0.506 e. The van der Waals surface area contributed by atoms with Crippen LogP contribution in [0, 0.1) is 11.3 Å². The summed E-state index contributed by atoms with van der Waals surface area (Å²) in [7, 11) is 0. The van der Waals surface area contributed by atoms with Crippen LogP contribution >= 0.6 is 0 Å². The van der Waals surface area contributed by atoms with Gasteiger partial charge in [0.05, 0.1) is 0 Å². The number of aromatic amines is 1. The maximum Gasteiger partial charge on any atom is 0.311 e. The molecule has 0 saturated heterocycles. The molecule has 114 valence electrons. The number of ether oxygens (including phenoxy) is 1. The zero-order chi connectivity index (χ0) is 16.1. The van der Waals surface area contributed by atoms with E-state index in [4.69, 9.17) is 15.6 Å². The van der Waals surface area contributed by atoms with E-state index in [1.54, 1.807) is 6.07 Å². The lowest BCUT2D eigenvalue weighted by atomic mass is 10.1. The highest BCUT2D eigenvalue weighted by Crippen LogP contribution is 2.37. The van der Waals surface area contributed by atoms with Crippen molar-refractivity contribution >= 4 is 17.1 Å². The first-order chi connectivity index (χ1) is 10.4. The lowest BCUT2D eigenvalue weighted by Gasteiger charge is -2.26. The number of imidazole rings is 1. The third-order valence-electron chi connectivity index (χ3n) is 3.28. The molecule has 1 aliphatic rings. The Morgan fingerprint density at radius 3 is 2.95 bits per heavy atom. The number of nitrogen functional groups attached to an aromatic ring is 1. The molecule has 0 aromatic carbocycles. The Hall–Kier alpha value is -3.10. The van der Waals surface area contributed by atoms with Gasteiger partial charge in [-0.2, -0.15) is 10.2 Å². The van der Waals surface area contributed by atoms with Crippen LogP contribution in [0.1, 0.15) is 0 Å². The number of hydrogen-bond acceptors (Lipinski definition) is 9. The smallest absolute Gasteiger partial charge is 0.311 e. The average molecular weight is 306 g/mol. The first-order valence-corrected chi connectivity index (χ1v) is 5.99. The van der Waals surface area contributed by atoms with Gasteiger partial charge in [-0.25, -0.2) is 4.98 Å². The molecule has 11 nitrogen and oxygen atoms in total. The van der Waals surface area contributed by atoms with Crippen molar-refractivity contribution in [2.45, 2.75) is 11.8 Å². The van der Waals surface area contributed by atoms with Gasteiger partial charge in [0.1, 0.15) is 19.0 Å². The first kappa shape index (κ1) is 13.9. The lowest BCUT2D eigenvalue weighted by Crippen LogP contribution is -2.43. The normalized spacial score (nSPS) is 24.5. The SMILES string of the molecule is N#C[C@@]1(n2cnc3c(=O)[nH]c(N)nc32)OC(CO)=C(O)C1O. The number of nitrogens with one attached hydrogen (secondary N) is 1. The lowest BCUT2D eigenvalue weighted by molar-refractivity contribution is -0.0731. The number of nitriles is 1. The van der Waals surface area contributed by atoms with Crippen molar-refractivity contribution in [1.29, 1.82) is 5.26 Å². The highest BCUT2D eigenvalue weighted by Gasteiger charge is 2.53. The number of hydrogen-bond donors (Lipinski definition) is 5. The fraction of sp³-hybridized carbons (Fsp3) is 0.273. The maximum absolute atomic E-state index is 11.7. The molecule has 0 fully saturated rings. The van der Waals surface area contributed by atoms with Gasteiger partial charge in [-0.05, 0) is 0 Å². The quantitative estimate of drug-likeness (QED) is 0.420. The van der Waals surface area contributed by atoms with E-state index in [1.807, 2.05) is 0 Å². The Labute approximate surface area is 121 Å². The van der Waals surface area contributed by atoms with E-state index in [2.05, 4.69) is 15.0 Å². The molecule has 2 aromatic rings. The Bertz CT molecular complexity index is 892. The average Bonchev–Trinajstić information content (AvgIpc) is 3.01. The molecule has 11 heteroatoms. The topological polar surface area (TPSA) is 183 Å². The van der Waals surface area contributed by atoms with Crippen molar-refractivity contribution in [1.82, 2.24) is 19.5 Å². The molecule has 1 unspecified atom stereocenters. The van der Waals surface area contributed by atoms with E-state index < -0.39 is 29.8 Å². The zero-order valence-electron chi connectivity index (χ0n) is 10.9. The van der Waals surface area contributed by atoms with E-state index >= 15 is 0 Å². The standard InChI is InChI=1S/C11H10N6O5/c12-2-11(7(20)6(19)4(1-18)22-11)17-3-14-5-8(17)15-10(13)16-9(5)21/h3,7,18-20H,1H2,(H3,13,15,16,21)/t7?,11-/m1/s1. The van der Waals surface area contributed by atoms with Crippen molar-refractivity contribution in [2.24, 2.45) is 0 Å². The van der Waals surface area contributed by atoms with Crippen molar-refractivity contribution in [3.05, 3.63) is 28.2 Å². The first-order valence-electron chi connectivity index (χ1n) is 5.99. The van der Waals surface area contributed by atoms with Crippen LogP contribution in [0.3, 0.4) is 0 Å². The van der Waals surface area contributed by atoms with Gasteiger partial charge in [0, 0.05) is 0 Å². The predicted molar refractivity (Wildman–Crippen MR) is 70.0 cm³/mol. The van der Waals surface area contributed by atoms with Gasteiger partial charge in [0.25, 0.3) is 5.56 Å². The number of aromatic nitrogens is 4. The Kier molecular flexibility index (Phi) is 2.80. The summed E-state index contributed by atoms with van der Waals surface area (Å²) < 4.78 is 6.17. The molecule has 3 rings (SSSR count). The summed E-state index contributed by atoms with van der Waals surface area (Å²) in [6.45, 7) is -0.727. The van der Waals surface area contributed by atoms with Gasteiger partial charge in [-0.1, -0.05) is 0 Å². The molecule has 3 heterocycles. The molecule has 0 radical (unpaired) electrons. The minimum atomic E-state index is -2.16. The monoisotopic (exact) mass is 306 g/mol. The summed E-state index contributed by atoms with van der Waals surface area (Å²) in [6.07, 6.45) is -0.758. The summed E-state index contributed by atoms with van der Waals surface area (Å²) in [5.74, 6) is -1.28. The maximum atomic E-state index is 11.7. The predicted octanol–water partition coefficient (Wildman–Crippen LogP) is -1.97. The molecule has 0 amide bonds. The van der Waals surface area contributed by atoms with Crippen LogP contribution in [0.5, 0.6) is 0 Å². The van der Waals surface area contributed by atoms with Gasteiger partial charge in [-0.3, -0.25) is 14.3 Å². The second kappa shape index (κ2) is 4.45. The highest BCUT2D eigenvalue weighted by atomic mass is 16.6. The van der Waals surface area contributed by atoms with Crippen LogP contribution in [0.4, 0.5) is 5.95 Å². The molecular formula is C11H10N6O5. The van der Waals surface area contributed by atoms with Crippen LogP contribution in [0.2, 0.25) is 0 Å². The number of nitrogens with two attached hydrogens (primary N) is 1. The van der Waals surface area contributed by atoms with Crippen LogP contribution in [0.25, 0.3) is 11.2 Å². The van der Waals surface area contributed by atoms with Gasteiger partial charge >= 0.3 is 5.72 Å². The number of H-pyrrole nitrogens is 1. The second-order valence-corrected chi connectivity index (χ2v) is 4.52. The summed E-state index contributed by atoms with van der Waals surface area (Å²) in [6, 6.07) is 1.70. The van der Waals surface area contributed by atoms with Crippen molar-refractivity contribution < 1.29 is 20.1 Å². The fourth-order valence-electron chi connectivity index (χ4n) is 2.24. The van der Waals surface area contributed by atoms with E-state index in [-0.39, 0.29) is 22.9 Å². The fourth-order valence-corrected chi connectivity index (χ4v) is 2.24. The molecule has 1 aliphatic heterocycles. The summed E-state index contributed by atoms with van der Waals surface area (Å²) in [5, 5.41) is 38.4. The number of fused-ring (bicyclic) bond motifs is 1. The van der Waals surface area contributed by atoms with Gasteiger partial charge in [0.15, 0.2) is 28.8 Å². The number of aliphatic hydroxyl groups is 3. The summed E-state index contributed by atoms with van der Waals surface area (Å²) in [4.78, 5) is 21.7. The van der Waals surface area contributed by atoms with Gasteiger partial charge < -0.3 is 25.8 Å². The van der Waals surface area contributed by atoms with Crippen molar-refractivity contribution in [3.8, 4) is 6.07 Å². The molecule has 6 N–H and O–H groups in total. The van der Waals surface area contributed by atoms with Crippen molar-refractivity contribution in [2.75, 3.05) is 12.3 Å². The minimum absolute atomic E-state index is 0.117. The summed E-state index contributed by atoms with van der Waals surface area (Å²) in [5.41, 5.74) is 2.41. The molecular weight excluding hydrogens is 296 g/mol. The van der Waals surface area contributed by atoms with E-state index in [1.165, 1.54) is 0 Å². The van der Waals surface area contributed by atoms with Gasteiger partial charge in [0.2, 0.25) is 5.95 Å². The number of rotatable bonds is 2. The Morgan fingerprint density at radius 1 is 1.64 bits per heavy atom. The molecule has 0 bridgehead atoms. The summed E-state index contributed by atoms with van der Waals surface area (Å²) >= 11 is 0. The molecule has 0 saturated carbocycles. The second-order valence-electron chi connectivity index (χ2n) is 4.52. The van der Waals surface area contributed by atoms with Crippen LogP contribution in [-0.4, -0.2) is 47.5 Å². The van der Waals surface area contributed by atoms with Crippen LogP contribution < -0.4 is 11.3 Å². The number of nitrogens with zero attached hydrogens (tertiary/aromatic N) is 4.